The lowest BCUT2D eigenvalue weighted by Crippen LogP contribution is -2.28. The Hall–Kier alpha value is -1.50. The van der Waals surface area contributed by atoms with Crippen LogP contribution in [0.2, 0.25) is 0 Å². The maximum atomic E-state index is 11.4. The SMILES string of the molecule is O=Cc1cnc(N2CCCS(=O)(=O)CC2)nc1. The molecule has 0 aromatic carbocycles. The highest BCUT2D eigenvalue weighted by Gasteiger charge is 2.20. The van der Waals surface area contributed by atoms with Crippen LogP contribution in [0.5, 0.6) is 0 Å². The number of hydrogen-bond donors (Lipinski definition) is 0. The Kier molecular flexibility index (Phi) is 3.37. The highest BCUT2D eigenvalue weighted by atomic mass is 32.2. The highest BCUT2D eigenvalue weighted by Crippen LogP contribution is 2.11. The van der Waals surface area contributed by atoms with Crippen molar-refractivity contribution in [3.05, 3.63) is 18.0 Å². The third-order valence-electron chi connectivity index (χ3n) is 2.63. The number of anilines is 1. The average molecular weight is 255 g/mol. The second kappa shape index (κ2) is 4.79. The number of aldehydes is 1. The van der Waals surface area contributed by atoms with Crippen LogP contribution < -0.4 is 4.90 Å². The quantitative estimate of drug-likeness (QED) is 0.687. The van der Waals surface area contributed by atoms with Gasteiger partial charge in [0.2, 0.25) is 5.95 Å². The Balaban J connectivity index is 2.14. The van der Waals surface area contributed by atoms with E-state index < -0.39 is 9.84 Å². The summed E-state index contributed by atoms with van der Waals surface area (Å²) < 4.78 is 22.9. The molecule has 1 fully saturated rings. The van der Waals surface area contributed by atoms with Gasteiger partial charge in [0.1, 0.15) is 0 Å². The number of nitrogens with zero attached hydrogens (tertiary/aromatic N) is 3. The summed E-state index contributed by atoms with van der Waals surface area (Å²) in [5.41, 5.74) is 0.413. The van der Waals surface area contributed by atoms with Crippen molar-refractivity contribution in [2.24, 2.45) is 0 Å². The van der Waals surface area contributed by atoms with E-state index in [0.717, 1.165) is 0 Å². The van der Waals surface area contributed by atoms with Crippen LogP contribution in [0.3, 0.4) is 0 Å². The van der Waals surface area contributed by atoms with Crippen molar-refractivity contribution in [3.63, 3.8) is 0 Å². The number of carbonyl (C=O) groups excluding carboxylic acids is 1. The Morgan fingerprint density at radius 3 is 2.53 bits per heavy atom. The van der Waals surface area contributed by atoms with E-state index in [4.69, 9.17) is 0 Å². The van der Waals surface area contributed by atoms with Gasteiger partial charge in [0.15, 0.2) is 16.1 Å². The van der Waals surface area contributed by atoms with Gasteiger partial charge in [-0.2, -0.15) is 0 Å². The van der Waals surface area contributed by atoms with Crippen LogP contribution in [0.4, 0.5) is 5.95 Å². The van der Waals surface area contributed by atoms with Crippen LogP contribution in [0.15, 0.2) is 12.4 Å². The molecule has 17 heavy (non-hydrogen) atoms. The van der Waals surface area contributed by atoms with Gasteiger partial charge in [0, 0.05) is 25.5 Å². The van der Waals surface area contributed by atoms with Crippen LogP contribution in [0, 0.1) is 0 Å². The normalized spacial score (nSPS) is 19.6. The predicted octanol–water partition coefficient (Wildman–Crippen LogP) is -0.0860. The Morgan fingerprint density at radius 2 is 1.88 bits per heavy atom. The molecule has 7 heteroatoms. The first-order valence-electron chi connectivity index (χ1n) is 5.33. The Labute approximate surface area is 99.6 Å². The molecule has 92 valence electrons. The van der Waals surface area contributed by atoms with E-state index in [-0.39, 0.29) is 11.5 Å². The van der Waals surface area contributed by atoms with Crippen molar-refractivity contribution < 1.29 is 13.2 Å². The molecular weight excluding hydrogens is 242 g/mol. The zero-order chi connectivity index (χ0) is 12.3. The van der Waals surface area contributed by atoms with Gasteiger partial charge in [0.05, 0.1) is 17.1 Å². The van der Waals surface area contributed by atoms with Crippen LogP contribution in [0.25, 0.3) is 0 Å². The highest BCUT2D eigenvalue weighted by molar-refractivity contribution is 7.91. The molecule has 0 saturated carbocycles. The third kappa shape index (κ3) is 3.00. The van der Waals surface area contributed by atoms with Crippen LogP contribution in [-0.4, -0.2) is 49.3 Å². The minimum absolute atomic E-state index is 0.131. The zero-order valence-electron chi connectivity index (χ0n) is 9.24. The smallest absolute Gasteiger partial charge is 0.225 e. The molecule has 0 N–H and O–H groups in total. The van der Waals surface area contributed by atoms with E-state index in [0.29, 0.717) is 37.3 Å². The predicted molar refractivity (Wildman–Crippen MR) is 62.9 cm³/mol. The van der Waals surface area contributed by atoms with Gasteiger partial charge in [-0.05, 0) is 6.42 Å². The Morgan fingerprint density at radius 1 is 1.18 bits per heavy atom. The summed E-state index contributed by atoms with van der Waals surface area (Å²) in [6.45, 7) is 1.03. The summed E-state index contributed by atoms with van der Waals surface area (Å²) in [5, 5.41) is 0. The molecule has 0 atom stereocenters. The van der Waals surface area contributed by atoms with Crippen LogP contribution in [0.1, 0.15) is 16.8 Å². The first-order valence-corrected chi connectivity index (χ1v) is 7.15. The van der Waals surface area contributed by atoms with Gasteiger partial charge in [-0.1, -0.05) is 0 Å². The molecule has 0 amide bonds. The van der Waals surface area contributed by atoms with E-state index in [2.05, 4.69) is 9.97 Å². The van der Waals surface area contributed by atoms with Gasteiger partial charge in [0.25, 0.3) is 0 Å². The van der Waals surface area contributed by atoms with Gasteiger partial charge in [-0.15, -0.1) is 0 Å². The lowest BCUT2D eigenvalue weighted by molar-refractivity contribution is 0.112. The van der Waals surface area contributed by atoms with Crippen LogP contribution >= 0.6 is 0 Å². The maximum Gasteiger partial charge on any atom is 0.225 e. The molecule has 0 spiro atoms. The fourth-order valence-corrected chi connectivity index (χ4v) is 2.97. The topological polar surface area (TPSA) is 80.2 Å². The summed E-state index contributed by atoms with van der Waals surface area (Å²) in [6, 6.07) is 0. The largest absolute Gasteiger partial charge is 0.340 e. The van der Waals surface area contributed by atoms with Gasteiger partial charge in [-0.25, -0.2) is 18.4 Å². The minimum Gasteiger partial charge on any atom is -0.340 e. The molecule has 0 bridgehead atoms. The van der Waals surface area contributed by atoms with Gasteiger partial charge >= 0.3 is 0 Å². The second-order valence-electron chi connectivity index (χ2n) is 3.93. The van der Waals surface area contributed by atoms with Crippen LogP contribution in [-0.2, 0) is 9.84 Å². The molecule has 0 aliphatic carbocycles. The lowest BCUT2D eigenvalue weighted by atomic mass is 10.4. The second-order valence-corrected chi connectivity index (χ2v) is 6.23. The molecule has 1 saturated heterocycles. The first-order chi connectivity index (χ1) is 8.11. The van der Waals surface area contributed by atoms with E-state index in [1.54, 1.807) is 0 Å². The van der Waals surface area contributed by atoms with E-state index in [1.807, 2.05) is 4.90 Å². The number of rotatable bonds is 2. The summed E-state index contributed by atoms with van der Waals surface area (Å²) >= 11 is 0. The molecule has 1 aromatic heterocycles. The molecule has 1 aromatic rings. The number of hydrogen-bond acceptors (Lipinski definition) is 6. The number of carbonyl (C=O) groups is 1. The number of aromatic nitrogens is 2. The van der Waals surface area contributed by atoms with Crippen molar-refractivity contribution in [2.45, 2.75) is 6.42 Å². The Bertz CT molecular complexity index is 498. The summed E-state index contributed by atoms with van der Waals surface area (Å²) in [7, 11) is -2.93. The summed E-state index contributed by atoms with van der Waals surface area (Å²) in [5.74, 6) is 0.828. The standard InChI is InChI=1S/C10H13N3O3S/c14-8-9-6-11-10(12-7-9)13-2-1-4-17(15,16)5-3-13/h6-8H,1-5H2. The van der Waals surface area contributed by atoms with Gasteiger partial charge < -0.3 is 4.90 Å². The third-order valence-corrected chi connectivity index (χ3v) is 4.35. The monoisotopic (exact) mass is 255 g/mol. The zero-order valence-corrected chi connectivity index (χ0v) is 10.1. The molecule has 0 radical (unpaired) electrons. The van der Waals surface area contributed by atoms with E-state index in [9.17, 15) is 13.2 Å². The average Bonchev–Trinajstić information content (AvgIpc) is 2.50. The maximum absolute atomic E-state index is 11.4. The first kappa shape index (κ1) is 12.0. The van der Waals surface area contributed by atoms with Crippen molar-refractivity contribution in [1.82, 2.24) is 9.97 Å². The molecule has 1 aliphatic heterocycles. The fourth-order valence-electron chi connectivity index (χ4n) is 1.69. The van der Waals surface area contributed by atoms with Crippen molar-refractivity contribution in [2.75, 3.05) is 29.5 Å². The molecule has 2 heterocycles. The minimum atomic E-state index is -2.93. The molecule has 2 rings (SSSR count). The van der Waals surface area contributed by atoms with Gasteiger partial charge in [-0.3, -0.25) is 4.79 Å². The van der Waals surface area contributed by atoms with E-state index in [1.165, 1.54) is 12.4 Å². The van der Waals surface area contributed by atoms with Crippen molar-refractivity contribution >= 4 is 22.1 Å². The molecule has 1 aliphatic rings. The molecular formula is C10H13N3O3S. The lowest BCUT2D eigenvalue weighted by Gasteiger charge is -2.18. The van der Waals surface area contributed by atoms with E-state index >= 15 is 0 Å². The molecule has 0 unspecified atom stereocenters. The van der Waals surface area contributed by atoms with Crippen molar-refractivity contribution in [1.29, 1.82) is 0 Å². The molecule has 6 nitrogen and oxygen atoms in total. The summed E-state index contributed by atoms with van der Waals surface area (Å²) in [4.78, 5) is 20.4. The number of sulfone groups is 1. The van der Waals surface area contributed by atoms with Crippen molar-refractivity contribution in [3.8, 4) is 0 Å². The fraction of sp³-hybridized carbons (Fsp3) is 0.500. The summed E-state index contributed by atoms with van der Waals surface area (Å²) in [6.07, 6.45) is 4.14.